The zero-order valence-electron chi connectivity index (χ0n) is 12.5. The zero-order valence-corrected chi connectivity index (χ0v) is 13.3. The smallest absolute Gasteiger partial charge is 0.243 e. The van der Waals surface area contributed by atoms with Crippen molar-refractivity contribution in [2.45, 2.75) is 31.1 Å². The van der Waals surface area contributed by atoms with Gasteiger partial charge in [-0.15, -0.1) is 0 Å². The van der Waals surface area contributed by atoms with Crippen molar-refractivity contribution in [2.24, 2.45) is 5.92 Å². The van der Waals surface area contributed by atoms with E-state index in [-0.39, 0.29) is 12.5 Å². The fraction of sp³-hybridized carbons (Fsp3) is 0.600. The monoisotopic (exact) mass is 312 g/mol. The van der Waals surface area contributed by atoms with Crippen molar-refractivity contribution >= 4 is 15.7 Å². The fourth-order valence-corrected chi connectivity index (χ4v) is 3.97. The first-order valence-electron chi connectivity index (χ1n) is 7.53. The molecule has 1 heterocycles. The Balaban J connectivity index is 2.05. The lowest BCUT2D eigenvalue weighted by Gasteiger charge is -2.30. The van der Waals surface area contributed by atoms with Gasteiger partial charge in [0.1, 0.15) is 0 Å². The Morgan fingerprint density at radius 3 is 2.38 bits per heavy atom. The van der Waals surface area contributed by atoms with E-state index in [4.69, 9.17) is 5.11 Å². The quantitative estimate of drug-likeness (QED) is 0.842. The summed E-state index contributed by atoms with van der Waals surface area (Å²) in [4.78, 5) is 0.340. The molecule has 1 aliphatic rings. The number of nitrogens with one attached hydrogen (secondary N) is 1. The van der Waals surface area contributed by atoms with E-state index in [9.17, 15) is 8.42 Å². The summed E-state index contributed by atoms with van der Waals surface area (Å²) < 4.78 is 26.6. The lowest BCUT2D eigenvalue weighted by atomic mass is 10.00. The first-order valence-corrected chi connectivity index (χ1v) is 8.97. The Kier molecular flexibility index (Phi) is 5.61. The fourth-order valence-electron chi connectivity index (χ4n) is 2.50. The zero-order chi connectivity index (χ0) is 15.3. The number of aliphatic hydroxyl groups is 1. The molecule has 0 saturated carbocycles. The van der Waals surface area contributed by atoms with Crippen LogP contribution in [0, 0.1) is 5.92 Å². The number of rotatable bonds is 6. The number of nitrogens with zero attached hydrogens (tertiary/aromatic N) is 1. The maximum atomic E-state index is 12.6. The molecule has 1 saturated heterocycles. The number of benzene rings is 1. The second-order valence-corrected chi connectivity index (χ2v) is 7.42. The third-order valence-electron chi connectivity index (χ3n) is 3.90. The van der Waals surface area contributed by atoms with Crippen molar-refractivity contribution in [2.75, 3.05) is 31.6 Å². The van der Waals surface area contributed by atoms with Crippen molar-refractivity contribution in [3.63, 3.8) is 0 Å². The minimum atomic E-state index is -3.41. The molecule has 1 aromatic carbocycles. The Hall–Kier alpha value is -1.11. The standard InChI is InChI=1S/C15H24N2O3S/c1-2-9-16-14-3-5-15(6-4-14)21(19,20)17-10-7-13(12-18)8-11-17/h3-6,13,16,18H,2,7-12H2,1H3. The second-order valence-electron chi connectivity index (χ2n) is 5.48. The van der Waals surface area contributed by atoms with E-state index < -0.39 is 10.0 Å². The summed E-state index contributed by atoms with van der Waals surface area (Å²) in [6.45, 7) is 4.08. The van der Waals surface area contributed by atoms with Crippen LogP contribution in [0.1, 0.15) is 26.2 Å². The minimum Gasteiger partial charge on any atom is -0.396 e. The number of hydrogen-bond donors (Lipinski definition) is 2. The molecule has 6 heteroatoms. The van der Waals surface area contributed by atoms with E-state index in [1.165, 1.54) is 4.31 Å². The molecular formula is C15H24N2O3S. The SMILES string of the molecule is CCCNc1ccc(S(=O)(=O)N2CCC(CO)CC2)cc1. The highest BCUT2D eigenvalue weighted by Crippen LogP contribution is 2.24. The average Bonchev–Trinajstić information content (AvgIpc) is 2.53. The van der Waals surface area contributed by atoms with Crippen LogP contribution in [0.5, 0.6) is 0 Å². The van der Waals surface area contributed by atoms with E-state index in [0.717, 1.165) is 31.5 Å². The summed E-state index contributed by atoms with van der Waals surface area (Å²) in [5.74, 6) is 0.233. The van der Waals surface area contributed by atoms with Gasteiger partial charge in [-0.05, 0) is 49.4 Å². The van der Waals surface area contributed by atoms with E-state index >= 15 is 0 Å². The molecule has 0 unspecified atom stereocenters. The van der Waals surface area contributed by atoms with E-state index in [1.54, 1.807) is 12.1 Å². The Morgan fingerprint density at radius 1 is 1.24 bits per heavy atom. The average molecular weight is 312 g/mol. The summed E-state index contributed by atoms with van der Waals surface area (Å²) in [6.07, 6.45) is 2.48. The van der Waals surface area contributed by atoms with Gasteiger partial charge in [-0.2, -0.15) is 4.31 Å². The molecule has 2 rings (SSSR count). The molecule has 1 aliphatic heterocycles. The molecular weight excluding hydrogens is 288 g/mol. The predicted octanol–water partition coefficient (Wildman–Crippen LogP) is 1.90. The summed E-state index contributed by atoms with van der Waals surface area (Å²) in [7, 11) is -3.41. The summed E-state index contributed by atoms with van der Waals surface area (Å²) in [5, 5.41) is 12.4. The second kappa shape index (κ2) is 7.24. The molecule has 118 valence electrons. The molecule has 1 aromatic rings. The minimum absolute atomic E-state index is 0.145. The number of anilines is 1. The van der Waals surface area contributed by atoms with Gasteiger partial charge in [-0.25, -0.2) is 8.42 Å². The number of aliphatic hydroxyl groups excluding tert-OH is 1. The molecule has 0 spiro atoms. The van der Waals surface area contributed by atoms with E-state index in [2.05, 4.69) is 12.2 Å². The number of sulfonamides is 1. The molecule has 0 aromatic heterocycles. The van der Waals surface area contributed by atoms with Gasteiger partial charge in [-0.3, -0.25) is 0 Å². The van der Waals surface area contributed by atoms with Crippen LogP contribution in [0.3, 0.4) is 0 Å². The number of piperidine rings is 1. The topological polar surface area (TPSA) is 69.6 Å². The Morgan fingerprint density at radius 2 is 1.86 bits per heavy atom. The predicted molar refractivity (Wildman–Crippen MR) is 83.8 cm³/mol. The Bertz CT molecular complexity index is 535. The molecule has 0 bridgehead atoms. The highest BCUT2D eigenvalue weighted by atomic mass is 32.2. The summed E-state index contributed by atoms with van der Waals surface area (Å²) in [5.41, 5.74) is 0.940. The van der Waals surface area contributed by atoms with E-state index in [0.29, 0.717) is 18.0 Å². The molecule has 0 radical (unpaired) electrons. The highest BCUT2D eigenvalue weighted by molar-refractivity contribution is 7.89. The van der Waals surface area contributed by atoms with Crippen molar-refractivity contribution < 1.29 is 13.5 Å². The van der Waals surface area contributed by atoms with Gasteiger partial charge in [-0.1, -0.05) is 6.92 Å². The molecule has 0 aliphatic carbocycles. The summed E-state index contributed by atoms with van der Waals surface area (Å²) in [6, 6.07) is 6.93. The van der Waals surface area contributed by atoms with Crippen LogP contribution >= 0.6 is 0 Å². The van der Waals surface area contributed by atoms with Crippen LogP contribution in [-0.4, -0.2) is 44.1 Å². The van der Waals surface area contributed by atoms with Gasteiger partial charge in [0.15, 0.2) is 0 Å². The van der Waals surface area contributed by atoms with Crippen molar-refractivity contribution in [3.05, 3.63) is 24.3 Å². The van der Waals surface area contributed by atoms with Crippen LogP contribution in [0.25, 0.3) is 0 Å². The molecule has 1 fully saturated rings. The van der Waals surface area contributed by atoms with Gasteiger partial charge in [0.25, 0.3) is 0 Å². The van der Waals surface area contributed by atoms with Gasteiger partial charge >= 0.3 is 0 Å². The first-order chi connectivity index (χ1) is 10.1. The largest absolute Gasteiger partial charge is 0.396 e. The normalized spacial score (nSPS) is 17.8. The van der Waals surface area contributed by atoms with Crippen LogP contribution in [0.4, 0.5) is 5.69 Å². The van der Waals surface area contributed by atoms with Gasteiger partial charge < -0.3 is 10.4 Å². The molecule has 0 amide bonds. The molecule has 5 nitrogen and oxygen atoms in total. The van der Waals surface area contributed by atoms with Crippen LogP contribution in [0.2, 0.25) is 0 Å². The van der Waals surface area contributed by atoms with Crippen molar-refractivity contribution in [1.82, 2.24) is 4.31 Å². The molecule has 21 heavy (non-hydrogen) atoms. The maximum Gasteiger partial charge on any atom is 0.243 e. The van der Waals surface area contributed by atoms with Crippen LogP contribution in [0.15, 0.2) is 29.2 Å². The lowest BCUT2D eigenvalue weighted by Crippen LogP contribution is -2.39. The van der Waals surface area contributed by atoms with Crippen LogP contribution in [-0.2, 0) is 10.0 Å². The highest BCUT2D eigenvalue weighted by Gasteiger charge is 2.28. The summed E-state index contributed by atoms with van der Waals surface area (Å²) >= 11 is 0. The van der Waals surface area contributed by atoms with Gasteiger partial charge in [0.2, 0.25) is 10.0 Å². The van der Waals surface area contributed by atoms with E-state index in [1.807, 2.05) is 12.1 Å². The van der Waals surface area contributed by atoms with Crippen molar-refractivity contribution in [3.8, 4) is 0 Å². The molecule has 2 N–H and O–H groups in total. The van der Waals surface area contributed by atoms with Gasteiger partial charge in [0, 0.05) is 31.9 Å². The number of hydrogen-bond acceptors (Lipinski definition) is 4. The van der Waals surface area contributed by atoms with Crippen LogP contribution < -0.4 is 5.32 Å². The third kappa shape index (κ3) is 3.96. The third-order valence-corrected chi connectivity index (χ3v) is 5.82. The molecule has 0 atom stereocenters. The maximum absolute atomic E-state index is 12.6. The van der Waals surface area contributed by atoms with Crippen molar-refractivity contribution in [1.29, 1.82) is 0 Å². The first kappa shape index (κ1) is 16.3. The van der Waals surface area contributed by atoms with Gasteiger partial charge in [0.05, 0.1) is 4.90 Å². The lowest BCUT2D eigenvalue weighted by molar-refractivity contribution is 0.170. The Labute approximate surface area is 127 Å².